The molecule has 1 unspecified atom stereocenters. The minimum atomic E-state index is -0.311. The third-order valence-corrected chi connectivity index (χ3v) is 9.97. The summed E-state index contributed by atoms with van der Waals surface area (Å²) in [5.74, 6) is 1.20. The van der Waals surface area contributed by atoms with Crippen LogP contribution < -0.4 is 14.4 Å². The molecule has 8 heteroatoms. The number of hydrogen-bond donors (Lipinski definition) is 0. The van der Waals surface area contributed by atoms with Crippen molar-refractivity contribution < 1.29 is 18.7 Å². The van der Waals surface area contributed by atoms with Crippen LogP contribution in [0.5, 0.6) is 11.5 Å². The summed E-state index contributed by atoms with van der Waals surface area (Å²) in [5, 5.41) is 0. The maximum absolute atomic E-state index is 13.6. The number of aldehydes is 1. The van der Waals surface area contributed by atoms with E-state index >= 15 is 0 Å². The summed E-state index contributed by atoms with van der Waals surface area (Å²) in [6.07, 6.45) is 5.42. The zero-order valence-corrected chi connectivity index (χ0v) is 27.0. The van der Waals surface area contributed by atoms with Crippen LogP contribution in [0, 0.1) is 5.82 Å². The summed E-state index contributed by atoms with van der Waals surface area (Å²) < 4.78 is 24.8. The van der Waals surface area contributed by atoms with Gasteiger partial charge in [-0.3, -0.25) is 9.80 Å². The van der Waals surface area contributed by atoms with Gasteiger partial charge in [0.05, 0.1) is 20.3 Å². The fourth-order valence-electron chi connectivity index (χ4n) is 7.28. The van der Waals surface area contributed by atoms with E-state index in [4.69, 9.17) is 9.47 Å². The second-order valence-electron chi connectivity index (χ2n) is 12.6. The number of hydrogen-bond acceptors (Lipinski definition) is 7. The number of fused-ring (bicyclic) bond motifs is 1. The van der Waals surface area contributed by atoms with E-state index in [-0.39, 0.29) is 17.9 Å². The largest absolute Gasteiger partial charge is 0.493 e. The van der Waals surface area contributed by atoms with E-state index in [0.29, 0.717) is 17.5 Å². The predicted octanol–water partition coefficient (Wildman–Crippen LogP) is 6.23. The van der Waals surface area contributed by atoms with Crippen LogP contribution in [0.1, 0.15) is 66.9 Å². The van der Waals surface area contributed by atoms with Crippen LogP contribution in [0.15, 0.2) is 60.7 Å². The van der Waals surface area contributed by atoms with Crippen molar-refractivity contribution in [2.45, 2.75) is 63.8 Å². The van der Waals surface area contributed by atoms with Crippen LogP contribution >= 0.6 is 0 Å². The van der Waals surface area contributed by atoms with Gasteiger partial charge in [-0.1, -0.05) is 37.3 Å². The summed E-state index contributed by atoms with van der Waals surface area (Å²) >= 11 is 0. The van der Waals surface area contributed by atoms with E-state index in [9.17, 15) is 9.18 Å². The van der Waals surface area contributed by atoms with Gasteiger partial charge in [-0.2, -0.15) is 0 Å². The van der Waals surface area contributed by atoms with Gasteiger partial charge in [0.1, 0.15) is 12.1 Å². The van der Waals surface area contributed by atoms with Crippen molar-refractivity contribution in [3.05, 3.63) is 88.7 Å². The monoisotopic (exact) mass is 614 g/mol. The molecule has 6 rings (SSSR count). The van der Waals surface area contributed by atoms with Crippen molar-refractivity contribution in [2.75, 3.05) is 58.4 Å². The quantitative estimate of drug-likeness (QED) is 0.200. The van der Waals surface area contributed by atoms with Crippen LogP contribution in [0.2, 0.25) is 0 Å². The normalized spacial score (nSPS) is 19.5. The molecule has 2 fully saturated rings. The number of benzene rings is 3. The number of methoxy groups -OCH3 is 2. The number of carbonyl (C=O) groups excluding carboxylic acids is 1. The van der Waals surface area contributed by atoms with Crippen molar-refractivity contribution in [3.8, 4) is 11.5 Å². The smallest absolute Gasteiger partial charge is 0.161 e. The van der Waals surface area contributed by atoms with Crippen molar-refractivity contribution >= 4 is 12.0 Å². The molecule has 0 N–H and O–H groups in total. The third-order valence-electron chi connectivity index (χ3n) is 9.97. The van der Waals surface area contributed by atoms with Gasteiger partial charge < -0.3 is 24.1 Å². The summed E-state index contributed by atoms with van der Waals surface area (Å²) in [5.41, 5.74) is 5.94. The van der Waals surface area contributed by atoms with Crippen LogP contribution in [0.4, 0.5) is 10.1 Å². The molecule has 1 saturated carbocycles. The lowest BCUT2D eigenvalue weighted by molar-refractivity contribution is -0.113. The summed E-state index contributed by atoms with van der Waals surface area (Å²) in [6, 6.07) is 19.9. The van der Waals surface area contributed by atoms with Crippen molar-refractivity contribution in [1.82, 2.24) is 14.7 Å². The number of nitrogens with zero attached hydrogens (tertiary/aromatic N) is 4. The molecule has 0 amide bonds. The topological polar surface area (TPSA) is 48.5 Å². The molecule has 45 heavy (non-hydrogen) atoms. The Balaban J connectivity index is 1.25. The zero-order valence-electron chi connectivity index (χ0n) is 27.0. The van der Waals surface area contributed by atoms with Gasteiger partial charge in [-0.15, -0.1) is 0 Å². The van der Waals surface area contributed by atoms with Crippen LogP contribution in [0.3, 0.4) is 0 Å². The predicted molar refractivity (Wildman–Crippen MR) is 176 cm³/mol. The summed E-state index contributed by atoms with van der Waals surface area (Å²) in [7, 11) is 3.33. The van der Waals surface area contributed by atoms with Gasteiger partial charge >= 0.3 is 0 Å². The second kappa shape index (κ2) is 14.3. The number of likely N-dealkylation sites (N-methyl/N-ethyl adjacent to an activating group) is 1. The molecule has 1 aliphatic carbocycles. The van der Waals surface area contributed by atoms with Crippen molar-refractivity contribution in [2.24, 2.45) is 0 Å². The molecule has 2 heterocycles. The molecule has 0 bridgehead atoms. The highest BCUT2D eigenvalue weighted by molar-refractivity contribution is 5.70. The highest BCUT2D eigenvalue weighted by Gasteiger charge is 2.38. The first kappa shape index (κ1) is 31.5. The molecule has 240 valence electrons. The second-order valence-corrected chi connectivity index (χ2v) is 12.6. The van der Waals surface area contributed by atoms with E-state index in [0.717, 1.165) is 88.2 Å². The number of rotatable bonds is 14. The van der Waals surface area contributed by atoms with Crippen LogP contribution in [0.25, 0.3) is 0 Å². The first-order valence-corrected chi connectivity index (χ1v) is 16.5. The molecule has 2 atom stereocenters. The average molecular weight is 615 g/mol. The van der Waals surface area contributed by atoms with Crippen LogP contribution in [-0.2, 0) is 17.9 Å². The van der Waals surface area contributed by atoms with Gasteiger partial charge in [0.25, 0.3) is 0 Å². The van der Waals surface area contributed by atoms with E-state index in [1.807, 2.05) is 18.2 Å². The Bertz CT molecular complexity index is 1440. The fourth-order valence-corrected chi connectivity index (χ4v) is 7.28. The lowest BCUT2D eigenvalue weighted by Gasteiger charge is -2.36. The van der Waals surface area contributed by atoms with Gasteiger partial charge in [-0.25, -0.2) is 4.39 Å². The summed E-state index contributed by atoms with van der Waals surface area (Å²) in [6.45, 7) is 9.93. The highest BCUT2D eigenvalue weighted by Crippen LogP contribution is 2.45. The molecule has 7 nitrogen and oxygen atoms in total. The van der Waals surface area contributed by atoms with E-state index in [2.05, 4.69) is 56.9 Å². The van der Waals surface area contributed by atoms with Gasteiger partial charge in [-0.05, 0) is 91.4 Å². The molecule has 3 aromatic rings. The Kier molecular flexibility index (Phi) is 10.0. The van der Waals surface area contributed by atoms with Gasteiger partial charge in [0.15, 0.2) is 11.5 Å². The first-order valence-electron chi connectivity index (χ1n) is 16.5. The Labute approximate surface area is 267 Å². The lowest BCUT2D eigenvalue weighted by Crippen LogP contribution is -2.46. The lowest BCUT2D eigenvalue weighted by atomic mass is 9.97. The van der Waals surface area contributed by atoms with Crippen LogP contribution in [-0.4, -0.2) is 80.5 Å². The zero-order chi connectivity index (χ0) is 31.3. The molecule has 0 spiro atoms. The summed E-state index contributed by atoms with van der Waals surface area (Å²) in [4.78, 5) is 22.8. The Morgan fingerprint density at radius 1 is 0.978 bits per heavy atom. The highest BCUT2D eigenvalue weighted by atomic mass is 19.1. The molecule has 3 aliphatic rings. The molecule has 0 aromatic heterocycles. The number of halogens is 1. The molecule has 1 saturated heterocycles. The van der Waals surface area contributed by atoms with Gasteiger partial charge in [0.2, 0.25) is 0 Å². The Hall–Kier alpha value is -3.46. The molecule has 0 radical (unpaired) electrons. The Morgan fingerprint density at radius 2 is 1.73 bits per heavy atom. The molecular formula is C37H47FN4O3. The van der Waals surface area contributed by atoms with Crippen molar-refractivity contribution in [3.63, 3.8) is 0 Å². The standard InChI is InChI=1S/C37H47FN4O3/c1-4-39-19-21-40(22-20-39)34-8-5-7-31-32(34)25-42(35(31)26-43)33(28-12-17-36(44-2)37(23-28)45-3)9-6-18-41(30-15-16-30)24-27-10-13-29(38)14-11-27/h5,7-8,10-14,17,23,26,30,33,35H,4,6,9,15-16,18-22,24-25H2,1-3H3/t33-,35?/m1/s1. The van der Waals surface area contributed by atoms with E-state index in [1.54, 1.807) is 26.4 Å². The molecule has 2 aliphatic heterocycles. The molecule has 3 aromatic carbocycles. The SMILES string of the molecule is CCN1CCN(c2cccc3c2CN([C@H](CCCN(Cc2ccc(F)cc2)C2CC2)c2ccc(OC)c(OC)c2)C3C=O)CC1. The fraction of sp³-hybridized carbons (Fsp3) is 0.486. The number of piperazine rings is 1. The first-order chi connectivity index (χ1) is 22.0. The Morgan fingerprint density at radius 3 is 2.40 bits per heavy atom. The number of ether oxygens (including phenoxy) is 2. The van der Waals surface area contributed by atoms with Gasteiger partial charge in [0, 0.05) is 57.0 Å². The minimum absolute atomic E-state index is 0.0177. The number of carbonyl (C=O) groups is 1. The minimum Gasteiger partial charge on any atom is -0.493 e. The number of anilines is 1. The maximum Gasteiger partial charge on any atom is 0.161 e. The molecular weight excluding hydrogens is 567 g/mol. The third kappa shape index (κ3) is 7.03. The van der Waals surface area contributed by atoms with Crippen molar-refractivity contribution in [1.29, 1.82) is 0 Å². The average Bonchev–Trinajstić information content (AvgIpc) is 3.86. The van der Waals surface area contributed by atoms with E-state index < -0.39 is 0 Å². The van der Waals surface area contributed by atoms with E-state index in [1.165, 1.54) is 24.1 Å². The maximum atomic E-state index is 13.6.